The van der Waals surface area contributed by atoms with Crippen molar-refractivity contribution in [3.8, 4) is 11.8 Å². The maximum absolute atomic E-state index is 10.9. The van der Waals surface area contributed by atoms with Gasteiger partial charge in [0.15, 0.2) is 0 Å². The Morgan fingerprint density at radius 1 is 1.33 bits per heavy atom. The molecule has 5 nitrogen and oxygen atoms in total. The van der Waals surface area contributed by atoms with Crippen LogP contribution in [0, 0.1) is 3.57 Å². The average molecular weight is 421 g/mol. The molecule has 2 rings (SSSR count). The number of hydrogen-bond donors (Lipinski definition) is 1. The summed E-state index contributed by atoms with van der Waals surface area (Å²) in [5, 5.41) is 8.91. The number of halogens is 2. The van der Waals surface area contributed by atoms with E-state index in [9.17, 15) is 4.79 Å². The topological polar surface area (TPSA) is 72.3 Å². The summed E-state index contributed by atoms with van der Waals surface area (Å²) in [6, 6.07) is 4.78. The van der Waals surface area contributed by atoms with Gasteiger partial charge in [0.25, 0.3) is 0 Å². The van der Waals surface area contributed by atoms with Gasteiger partial charge in [-0.3, -0.25) is 0 Å². The minimum atomic E-state index is -1.01. The number of carboxylic acids is 1. The highest BCUT2D eigenvalue weighted by molar-refractivity contribution is 14.1. The van der Waals surface area contributed by atoms with Crippen LogP contribution in [0.4, 0.5) is 0 Å². The van der Waals surface area contributed by atoms with E-state index in [1.165, 1.54) is 12.1 Å². The molecule has 0 aliphatic heterocycles. The number of aromatic nitrogens is 2. The first kappa shape index (κ1) is 13.2. The summed E-state index contributed by atoms with van der Waals surface area (Å²) in [5.74, 6) is -0.592. The summed E-state index contributed by atoms with van der Waals surface area (Å²) in [7, 11) is 0. The van der Waals surface area contributed by atoms with Crippen LogP contribution in [0.2, 0.25) is 0 Å². The van der Waals surface area contributed by atoms with E-state index in [0.29, 0.717) is 5.75 Å². The van der Waals surface area contributed by atoms with E-state index < -0.39 is 5.97 Å². The quantitative estimate of drug-likeness (QED) is 0.771. The molecule has 0 aliphatic rings. The zero-order chi connectivity index (χ0) is 13.1. The molecule has 0 fully saturated rings. The summed E-state index contributed by atoms with van der Waals surface area (Å²) in [6.07, 6.45) is 3.10. The van der Waals surface area contributed by atoms with Crippen LogP contribution < -0.4 is 4.74 Å². The molecule has 18 heavy (non-hydrogen) atoms. The molecule has 0 saturated carbocycles. The van der Waals surface area contributed by atoms with Gasteiger partial charge < -0.3 is 9.84 Å². The van der Waals surface area contributed by atoms with E-state index in [0.717, 1.165) is 8.04 Å². The zero-order valence-electron chi connectivity index (χ0n) is 8.80. The Morgan fingerprint density at radius 2 is 2.00 bits per heavy atom. The summed E-state index contributed by atoms with van der Waals surface area (Å²) >= 11 is 5.27. The summed E-state index contributed by atoms with van der Waals surface area (Å²) < 4.78 is 6.96. The van der Waals surface area contributed by atoms with Crippen LogP contribution in [-0.2, 0) is 0 Å². The lowest BCUT2D eigenvalue weighted by atomic mass is 10.2. The third-order valence-corrected chi connectivity index (χ3v) is 3.28. The molecule has 0 saturated heterocycles. The minimum Gasteiger partial charge on any atom is -0.478 e. The monoisotopic (exact) mass is 420 g/mol. The summed E-state index contributed by atoms with van der Waals surface area (Å²) in [5.41, 5.74) is 0.155. The van der Waals surface area contributed by atoms with Gasteiger partial charge in [-0.15, -0.1) is 0 Å². The molecule has 0 unspecified atom stereocenters. The van der Waals surface area contributed by atoms with Crippen molar-refractivity contribution in [1.82, 2.24) is 9.97 Å². The first-order valence-corrected chi connectivity index (χ1v) is 6.61. The van der Waals surface area contributed by atoms with Gasteiger partial charge in [0.05, 0.1) is 13.6 Å². The molecular weight excluding hydrogens is 415 g/mol. The molecule has 0 aliphatic carbocycles. The standard InChI is InChI=1S/C11H6BrIN2O3/c12-7-4-14-11(15-5-7)18-9-3-6(10(16)17)1-2-8(9)13/h1-5H,(H,16,17). The molecule has 1 aromatic heterocycles. The predicted octanol–water partition coefficient (Wildman–Crippen LogP) is 3.33. The summed E-state index contributed by atoms with van der Waals surface area (Å²) in [6.45, 7) is 0. The minimum absolute atomic E-state index is 0.155. The number of rotatable bonds is 3. The number of carboxylic acid groups (broad SMARTS) is 1. The molecule has 0 radical (unpaired) electrons. The molecule has 0 bridgehead atoms. The number of nitrogens with zero attached hydrogens (tertiary/aromatic N) is 2. The predicted molar refractivity (Wildman–Crippen MR) is 75.9 cm³/mol. The first-order valence-electron chi connectivity index (χ1n) is 4.74. The van der Waals surface area contributed by atoms with Crippen molar-refractivity contribution in [2.45, 2.75) is 0 Å². The number of ether oxygens (including phenoxy) is 1. The van der Waals surface area contributed by atoms with E-state index in [-0.39, 0.29) is 11.6 Å². The highest BCUT2D eigenvalue weighted by Gasteiger charge is 2.09. The van der Waals surface area contributed by atoms with Gasteiger partial charge in [-0.05, 0) is 56.7 Å². The lowest BCUT2D eigenvalue weighted by Crippen LogP contribution is -1.99. The second-order valence-electron chi connectivity index (χ2n) is 3.24. The molecule has 7 heteroatoms. The third kappa shape index (κ3) is 3.16. The fourth-order valence-electron chi connectivity index (χ4n) is 1.17. The molecule has 1 aromatic carbocycles. The lowest BCUT2D eigenvalue weighted by molar-refractivity contribution is 0.0696. The van der Waals surface area contributed by atoms with Crippen molar-refractivity contribution < 1.29 is 14.6 Å². The van der Waals surface area contributed by atoms with Crippen molar-refractivity contribution in [2.24, 2.45) is 0 Å². The molecule has 92 valence electrons. The molecule has 0 amide bonds. The number of benzene rings is 1. The Kier molecular flexibility index (Phi) is 4.12. The van der Waals surface area contributed by atoms with E-state index in [2.05, 4.69) is 48.5 Å². The van der Waals surface area contributed by atoms with Crippen LogP contribution in [0.25, 0.3) is 0 Å². The van der Waals surface area contributed by atoms with Gasteiger partial charge in [0.2, 0.25) is 0 Å². The highest BCUT2D eigenvalue weighted by atomic mass is 127. The van der Waals surface area contributed by atoms with E-state index in [1.807, 2.05) is 0 Å². The molecule has 0 spiro atoms. The molecule has 1 N–H and O–H groups in total. The Labute approximate surface area is 124 Å². The molecule has 2 aromatic rings. The van der Waals surface area contributed by atoms with Crippen LogP contribution >= 0.6 is 38.5 Å². The van der Waals surface area contributed by atoms with Crippen molar-refractivity contribution in [2.75, 3.05) is 0 Å². The third-order valence-electron chi connectivity index (χ3n) is 1.98. The Hall–Kier alpha value is -1.22. The van der Waals surface area contributed by atoms with Gasteiger partial charge in [0.1, 0.15) is 5.75 Å². The van der Waals surface area contributed by atoms with E-state index in [1.54, 1.807) is 18.5 Å². The Morgan fingerprint density at radius 3 is 2.61 bits per heavy atom. The largest absolute Gasteiger partial charge is 0.478 e. The second kappa shape index (κ2) is 5.61. The maximum Gasteiger partial charge on any atom is 0.335 e. The zero-order valence-corrected chi connectivity index (χ0v) is 12.5. The highest BCUT2D eigenvalue weighted by Crippen LogP contribution is 2.26. The van der Waals surface area contributed by atoms with Crippen LogP contribution in [0.15, 0.2) is 35.1 Å². The Balaban J connectivity index is 2.30. The fraction of sp³-hybridized carbons (Fsp3) is 0. The van der Waals surface area contributed by atoms with Crippen molar-refractivity contribution in [1.29, 1.82) is 0 Å². The first-order chi connectivity index (χ1) is 8.56. The van der Waals surface area contributed by atoms with Crippen molar-refractivity contribution in [3.63, 3.8) is 0 Å². The lowest BCUT2D eigenvalue weighted by Gasteiger charge is -2.06. The number of carbonyl (C=O) groups is 1. The van der Waals surface area contributed by atoms with Gasteiger partial charge in [-0.1, -0.05) is 0 Å². The van der Waals surface area contributed by atoms with Crippen molar-refractivity contribution in [3.05, 3.63) is 44.2 Å². The van der Waals surface area contributed by atoms with Crippen LogP contribution in [-0.4, -0.2) is 21.0 Å². The summed E-state index contributed by atoms with van der Waals surface area (Å²) in [4.78, 5) is 18.8. The van der Waals surface area contributed by atoms with Gasteiger partial charge in [0, 0.05) is 12.4 Å². The van der Waals surface area contributed by atoms with Gasteiger partial charge >= 0.3 is 12.0 Å². The van der Waals surface area contributed by atoms with E-state index >= 15 is 0 Å². The molecule has 0 atom stereocenters. The normalized spacial score (nSPS) is 10.1. The average Bonchev–Trinajstić information content (AvgIpc) is 2.34. The van der Waals surface area contributed by atoms with Crippen molar-refractivity contribution >= 4 is 44.5 Å². The van der Waals surface area contributed by atoms with Gasteiger partial charge in [-0.25, -0.2) is 14.8 Å². The van der Waals surface area contributed by atoms with Crippen LogP contribution in [0.5, 0.6) is 11.8 Å². The fourth-order valence-corrected chi connectivity index (χ4v) is 1.82. The Bertz CT molecular complexity index is 589. The number of aromatic carboxylic acids is 1. The van der Waals surface area contributed by atoms with Gasteiger partial charge in [-0.2, -0.15) is 0 Å². The second-order valence-corrected chi connectivity index (χ2v) is 5.31. The number of hydrogen-bond acceptors (Lipinski definition) is 4. The molecular formula is C11H6BrIN2O3. The van der Waals surface area contributed by atoms with Crippen LogP contribution in [0.3, 0.4) is 0 Å². The van der Waals surface area contributed by atoms with Crippen LogP contribution in [0.1, 0.15) is 10.4 Å². The SMILES string of the molecule is O=C(O)c1ccc(I)c(Oc2ncc(Br)cn2)c1. The molecule has 1 heterocycles. The maximum atomic E-state index is 10.9. The smallest absolute Gasteiger partial charge is 0.335 e. The van der Waals surface area contributed by atoms with E-state index in [4.69, 9.17) is 9.84 Å².